The van der Waals surface area contributed by atoms with E-state index in [1.165, 1.54) is 43.3 Å². The molecule has 0 heterocycles. The van der Waals surface area contributed by atoms with Crippen molar-refractivity contribution in [1.29, 1.82) is 0 Å². The van der Waals surface area contributed by atoms with Gasteiger partial charge in [-0.25, -0.2) is 4.39 Å². The van der Waals surface area contributed by atoms with Crippen LogP contribution in [0.2, 0.25) is 0 Å². The molecule has 0 aliphatic heterocycles. The smallest absolute Gasteiger partial charge is 0.247 e. The van der Waals surface area contributed by atoms with Gasteiger partial charge in [0.25, 0.3) is 0 Å². The summed E-state index contributed by atoms with van der Waals surface area (Å²) in [5.74, 6) is -1.51. The van der Waals surface area contributed by atoms with Gasteiger partial charge in [-0.15, -0.1) is 0 Å². The van der Waals surface area contributed by atoms with Gasteiger partial charge in [0.05, 0.1) is 0 Å². The van der Waals surface area contributed by atoms with Crippen molar-refractivity contribution in [3.8, 4) is 11.5 Å². The molecule has 0 aliphatic rings. The van der Waals surface area contributed by atoms with E-state index in [0.29, 0.717) is 5.69 Å². The zero-order valence-electron chi connectivity index (χ0n) is 11.3. The Balaban J connectivity index is 2.44. The number of rotatable bonds is 4. The van der Waals surface area contributed by atoms with Crippen molar-refractivity contribution in [3.63, 3.8) is 0 Å². The van der Waals surface area contributed by atoms with Crippen LogP contribution in [0.3, 0.4) is 0 Å². The molecule has 2 aromatic carbocycles. The molecular formula is C15H15FN2O3. The Morgan fingerprint density at radius 2 is 1.67 bits per heavy atom. The molecule has 6 heteroatoms. The van der Waals surface area contributed by atoms with Gasteiger partial charge in [-0.05, 0) is 48.9 Å². The van der Waals surface area contributed by atoms with E-state index in [4.69, 9.17) is 5.73 Å². The third-order valence-corrected chi connectivity index (χ3v) is 3.21. The van der Waals surface area contributed by atoms with E-state index in [2.05, 4.69) is 5.32 Å². The molecule has 0 spiro atoms. The Labute approximate surface area is 120 Å². The SMILES string of the molecule is CC(Nc1ccc(F)cc1)(C(N)=O)c1cc(O)cc(O)c1. The number of anilines is 1. The highest BCUT2D eigenvalue weighted by molar-refractivity contribution is 5.89. The van der Waals surface area contributed by atoms with Gasteiger partial charge in [0.1, 0.15) is 22.9 Å². The highest BCUT2D eigenvalue weighted by Crippen LogP contribution is 2.31. The van der Waals surface area contributed by atoms with Crippen molar-refractivity contribution in [2.45, 2.75) is 12.5 Å². The maximum absolute atomic E-state index is 12.9. The lowest BCUT2D eigenvalue weighted by Gasteiger charge is -2.29. The first-order chi connectivity index (χ1) is 9.81. The number of aromatic hydroxyl groups is 2. The van der Waals surface area contributed by atoms with Gasteiger partial charge in [-0.1, -0.05) is 0 Å². The summed E-state index contributed by atoms with van der Waals surface area (Å²) in [7, 11) is 0. The van der Waals surface area contributed by atoms with E-state index in [1.54, 1.807) is 0 Å². The van der Waals surface area contributed by atoms with E-state index < -0.39 is 17.3 Å². The lowest BCUT2D eigenvalue weighted by atomic mass is 9.90. The van der Waals surface area contributed by atoms with Crippen LogP contribution in [-0.2, 0) is 10.3 Å². The normalized spacial score (nSPS) is 13.4. The Morgan fingerprint density at radius 1 is 1.14 bits per heavy atom. The summed E-state index contributed by atoms with van der Waals surface area (Å²) in [6, 6.07) is 9.18. The summed E-state index contributed by atoms with van der Waals surface area (Å²) in [4.78, 5) is 11.8. The molecule has 21 heavy (non-hydrogen) atoms. The van der Waals surface area contributed by atoms with Crippen LogP contribution in [-0.4, -0.2) is 16.1 Å². The summed E-state index contributed by atoms with van der Waals surface area (Å²) in [5.41, 5.74) is 4.82. The molecule has 0 aromatic heterocycles. The summed E-state index contributed by atoms with van der Waals surface area (Å²) < 4.78 is 12.9. The number of hydrogen-bond donors (Lipinski definition) is 4. The Kier molecular flexibility index (Phi) is 3.71. The summed E-state index contributed by atoms with van der Waals surface area (Å²) in [6.07, 6.45) is 0. The van der Waals surface area contributed by atoms with Crippen molar-refractivity contribution in [3.05, 3.63) is 53.8 Å². The van der Waals surface area contributed by atoms with Crippen LogP contribution in [0.15, 0.2) is 42.5 Å². The number of phenolic OH excluding ortho intramolecular Hbond substituents is 2. The second kappa shape index (κ2) is 5.32. The minimum atomic E-state index is -1.38. The highest BCUT2D eigenvalue weighted by atomic mass is 19.1. The minimum absolute atomic E-state index is 0.196. The average molecular weight is 290 g/mol. The molecule has 110 valence electrons. The number of carbonyl (C=O) groups is 1. The maximum atomic E-state index is 12.9. The largest absolute Gasteiger partial charge is 0.508 e. The fraction of sp³-hybridized carbons (Fsp3) is 0.133. The minimum Gasteiger partial charge on any atom is -0.508 e. The van der Waals surface area contributed by atoms with Crippen LogP contribution in [0.4, 0.5) is 10.1 Å². The molecule has 0 radical (unpaired) electrons. The summed E-state index contributed by atoms with van der Waals surface area (Å²) in [5, 5.41) is 22.0. The molecule has 5 N–H and O–H groups in total. The number of amides is 1. The molecule has 1 unspecified atom stereocenters. The van der Waals surface area contributed by atoms with Gasteiger partial charge < -0.3 is 21.3 Å². The average Bonchev–Trinajstić information content (AvgIpc) is 2.40. The Hall–Kier alpha value is -2.76. The fourth-order valence-electron chi connectivity index (χ4n) is 1.98. The first-order valence-electron chi connectivity index (χ1n) is 6.18. The van der Waals surface area contributed by atoms with Gasteiger partial charge in [-0.3, -0.25) is 4.79 Å². The van der Waals surface area contributed by atoms with E-state index in [0.717, 1.165) is 6.07 Å². The van der Waals surface area contributed by atoms with E-state index in [9.17, 15) is 19.4 Å². The topological polar surface area (TPSA) is 95.6 Å². The Bertz CT molecular complexity index is 653. The van der Waals surface area contributed by atoms with Crippen LogP contribution in [0.5, 0.6) is 11.5 Å². The number of benzene rings is 2. The zero-order chi connectivity index (χ0) is 15.6. The number of phenols is 2. The fourth-order valence-corrected chi connectivity index (χ4v) is 1.98. The number of primary amides is 1. The Morgan fingerprint density at radius 3 is 2.14 bits per heavy atom. The summed E-state index contributed by atoms with van der Waals surface area (Å²) >= 11 is 0. The van der Waals surface area contributed by atoms with Crippen LogP contribution in [0, 0.1) is 5.82 Å². The second-order valence-corrected chi connectivity index (χ2v) is 4.86. The van der Waals surface area contributed by atoms with Crippen LogP contribution < -0.4 is 11.1 Å². The predicted octanol–water partition coefficient (Wildman–Crippen LogP) is 2.05. The second-order valence-electron chi connectivity index (χ2n) is 4.86. The van der Waals surface area contributed by atoms with E-state index in [-0.39, 0.29) is 17.1 Å². The van der Waals surface area contributed by atoms with Crippen LogP contribution >= 0.6 is 0 Å². The molecule has 1 amide bonds. The van der Waals surface area contributed by atoms with Crippen molar-refractivity contribution < 1.29 is 19.4 Å². The molecule has 1 atom stereocenters. The number of nitrogens with two attached hydrogens (primary N) is 1. The molecule has 0 aliphatic carbocycles. The standard InChI is InChI=1S/C15H15FN2O3/c1-15(14(17)21,9-6-12(19)8-13(20)7-9)18-11-4-2-10(16)3-5-11/h2-8,18-20H,1H3,(H2,17,21). The number of nitrogens with one attached hydrogen (secondary N) is 1. The lowest BCUT2D eigenvalue weighted by Crippen LogP contribution is -2.45. The van der Waals surface area contributed by atoms with Gasteiger partial charge >= 0.3 is 0 Å². The van der Waals surface area contributed by atoms with Gasteiger partial charge in [-0.2, -0.15) is 0 Å². The molecule has 2 rings (SSSR count). The maximum Gasteiger partial charge on any atom is 0.247 e. The predicted molar refractivity (Wildman–Crippen MR) is 76.3 cm³/mol. The molecule has 0 saturated carbocycles. The first-order valence-corrected chi connectivity index (χ1v) is 6.18. The first kappa shape index (κ1) is 14.6. The summed E-state index contributed by atoms with van der Waals surface area (Å²) in [6.45, 7) is 1.51. The van der Waals surface area contributed by atoms with E-state index >= 15 is 0 Å². The lowest BCUT2D eigenvalue weighted by molar-refractivity contribution is -0.122. The zero-order valence-corrected chi connectivity index (χ0v) is 11.3. The van der Waals surface area contributed by atoms with Gasteiger partial charge in [0.2, 0.25) is 5.91 Å². The molecule has 2 aromatic rings. The third kappa shape index (κ3) is 3.05. The monoisotopic (exact) mass is 290 g/mol. The molecular weight excluding hydrogens is 275 g/mol. The molecule has 5 nitrogen and oxygen atoms in total. The molecule has 0 fully saturated rings. The van der Waals surface area contributed by atoms with Gasteiger partial charge in [0, 0.05) is 11.8 Å². The van der Waals surface area contributed by atoms with Crippen LogP contribution in [0.25, 0.3) is 0 Å². The van der Waals surface area contributed by atoms with Gasteiger partial charge in [0.15, 0.2) is 0 Å². The van der Waals surface area contributed by atoms with Crippen molar-refractivity contribution in [2.24, 2.45) is 5.73 Å². The van der Waals surface area contributed by atoms with Crippen LogP contribution in [0.1, 0.15) is 12.5 Å². The van der Waals surface area contributed by atoms with Crippen molar-refractivity contribution >= 4 is 11.6 Å². The number of hydrogen-bond acceptors (Lipinski definition) is 4. The van der Waals surface area contributed by atoms with Crippen molar-refractivity contribution in [2.75, 3.05) is 5.32 Å². The quantitative estimate of drug-likeness (QED) is 0.693. The molecule has 0 saturated heterocycles. The number of halogens is 1. The number of carbonyl (C=O) groups excluding carboxylic acids is 1. The van der Waals surface area contributed by atoms with Crippen molar-refractivity contribution in [1.82, 2.24) is 0 Å². The molecule has 0 bridgehead atoms. The van der Waals surface area contributed by atoms with E-state index in [1.807, 2.05) is 0 Å². The third-order valence-electron chi connectivity index (χ3n) is 3.21. The highest BCUT2D eigenvalue weighted by Gasteiger charge is 2.34.